The second kappa shape index (κ2) is 20.4. The van der Waals surface area contributed by atoms with Crippen molar-refractivity contribution in [3.63, 3.8) is 0 Å². The number of halogens is 1. The van der Waals surface area contributed by atoms with Crippen LogP contribution in [-0.4, -0.2) is 23.9 Å². The number of alkyl halides is 1. The fourth-order valence-electron chi connectivity index (χ4n) is 2.47. The molecule has 0 bridgehead atoms. The van der Waals surface area contributed by atoms with Crippen LogP contribution in [0.3, 0.4) is 0 Å². The molecule has 0 aromatic carbocycles. The van der Waals surface area contributed by atoms with E-state index in [1.165, 1.54) is 62.2 Å². The van der Waals surface area contributed by atoms with Crippen molar-refractivity contribution in [3.8, 4) is 0 Å². The zero-order valence-corrected chi connectivity index (χ0v) is 17.7. The Balaban J connectivity index is 3.37. The van der Waals surface area contributed by atoms with Crippen molar-refractivity contribution in [2.45, 2.75) is 97.2 Å². The first kappa shape index (κ1) is 23.4. The van der Waals surface area contributed by atoms with Crippen LogP contribution in [-0.2, 0) is 9.47 Å². The van der Waals surface area contributed by atoms with Crippen LogP contribution in [0.5, 0.6) is 0 Å². The molecule has 0 aliphatic rings. The molecule has 2 nitrogen and oxygen atoms in total. The second-order valence-electron chi connectivity index (χ2n) is 6.17. The fraction of sp³-hybridized carbons (Fsp3) is 0.900. The van der Waals surface area contributed by atoms with Crippen molar-refractivity contribution in [2.75, 3.05) is 17.6 Å². The minimum absolute atomic E-state index is 0.0317. The molecule has 0 aromatic heterocycles. The molecule has 0 rings (SSSR count). The van der Waals surface area contributed by atoms with Gasteiger partial charge >= 0.3 is 0 Å². The molecule has 0 amide bonds. The smallest absolute Gasteiger partial charge is 0.157 e. The van der Waals surface area contributed by atoms with E-state index in [1.807, 2.05) is 0 Å². The first-order valence-corrected chi connectivity index (χ1v) is 11.3. The predicted octanol–water partition coefficient (Wildman–Crippen LogP) is 7.06. The zero-order valence-electron chi connectivity index (χ0n) is 15.5. The fourth-order valence-corrected chi connectivity index (χ4v) is 2.83. The molecule has 138 valence electrons. The largest absolute Gasteiger partial charge is 0.353 e. The summed E-state index contributed by atoms with van der Waals surface area (Å²) in [5.41, 5.74) is 0. The minimum atomic E-state index is 0.0317. The van der Waals surface area contributed by atoms with E-state index in [9.17, 15) is 0 Å². The van der Waals surface area contributed by atoms with Crippen LogP contribution in [0.1, 0.15) is 90.9 Å². The van der Waals surface area contributed by atoms with Gasteiger partial charge in [-0.3, -0.25) is 0 Å². The monoisotopic (exact) mass is 438 g/mol. The Bertz CT molecular complexity index is 236. The Kier molecular flexibility index (Phi) is 20.8. The molecule has 0 unspecified atom stereocenters. The summed E-state index contributed by atoms with van der Waals surface area (Å²) in [7, 11) is 0. The molecule has 0 saturated carbocycles. The molecule has 0 radical (unpaired) electrons. The Morgan fingerprint density at radius 2 is 1.26 bits per heavy atom. The summed E-state index contributed by atoms with van der Waals surface area (Å²) < 4.78 is 12.8. The molecule has 0 fully saturated rings. The van der Waals surface area contributed by atoms with Gasteiger partial charge < -0.3 is 9.47 Å². The topological polar surface area (TPSA) is 18.5 Å². The van der Waals surface area contributed by atoms with E-state index in [0.29, 0.717) is 0 Å². The highest BCUT2D eigenvalue weighted by molar-refractivity contribution is 14.1. The molecule has 0 aliphatic heterocycles. The van der Waals surface area contributed by atoms with E-state index in [2.05, 4.69) is 48.6 Å². The molecule has 0 saturated heterocycles. The van der Waals surface area contributed by atoms with E-state index in [0.717, 1.165) is 32.5 Å². The molecule has 0 atom stereocenters. The summed E-state index contributed by atoms with van der Waals surface area (Å²) in [5.74, 6) is 0. The van der Waals surface area contributed by atoms with Crippen molar-refractivity contribution in [1.29, 1.82) is 0 Å². The number of hydrogen-bond acceptors (Lipinski definition) is 2. The van der Waals surface area contributed by atoms with Gasteiger partial charge in [0.25, 0.3) is 0 Å². The molecule has 0 spiro atoms. The average Bonchev–Trinajstić information content (AvgIpc) is 2.57. The predicted molar refractivity (Wildman–Crippen MR) is 110 cm³/mol. The quantitative estimate of drug-likeness (QED) is 0.0750. The number of allylic oxidation sites excluding steroid dienone is 2. The van der Waals surface area contributed by atoms with Crippen LogP contribution < -0.4 is 0 Å². The standard InChI is InChI=1S/C20H39IO2/c1-3-18-22-20(23-19-4-2)16-14-12-10-8-6-5-7-9-11-13-15-17-21/h11,13,20H,3-10,12,14-19H2,1-2H3/b13-11-. The molecule has 0 aliphatic carbocycles. The third-order valence-electron chi connectivity index (χ3n) is 3.77. The first-order valence-electron chi connectivity index (χ1n) is 9.79. The summed E-state index contributed by atoms with van der Waals surface area (Å²) in [6, 6.07) is 0. The van der Waals surface area contributed by atoms with Crippen molar-refractivity contribution in [2.24, 2.45) is 0 Å². The third-order valence-corrected chi connectivity index (χ3v) is 4.39. The molecule has 0 N–H and O–H groups in total. The van der Waals surface area contributed by atoms with Crippen molar-refractivity contribution >= 4 is 22.6 Å². The Hall–Kier alpha value is 0.390. The van der Waals surface area contributed by atoms with Crippen LogP contribution in [0.15, 0.2) is 12.2 Å². The van der Waals surface area contributed by atoms with Crippen molar-refractivity contribution in [1.82, 2.24) is 0 Å². The van der Waals surface area contributed by atoms with Gasteiger partial charge in [0, 0.05) is 17.6 Å². The van der Waals surface area contributed by atoms with Gasteiger partial charge in [-0.2, -0.15) is 0 Å². The van der Waals surface area contributed by atoms with E-state index in [4.69, 9.17) is 9.47 Å². The van der Waals surface area contributed by atoms with Crippen LogP contribution in [0.25, 0.3) is 0 Å². The van der Waals surface area contributed by atoms with E-state index in [1.54, 1.807) is 0 Å². The van der Waals surface area contributed by atoms with Gasteiger partial charge in [-0.05, 0) is 44.9 Å². The zero-order chi connectivity index (χ0) is 17.0. The SMILES string of the molecule is CCCOC(CCCCCCCCC/C=C\CCI)OCCC. The highest BCUT2D eigenvalue weighted by Crippen LogP contribution is 2.13. The van der Waals surface area contributed by atoms with E-state index in [-0.39, 0.29) is 6.29 Å². The van der Waals surface area contributed by atoms with Crippen LogP contribution in [0.2, 0.25) is 0 Å². The third kappa shape index (κ3) is 18.6. The Labute approximate surface area is 158 Å². The van der Waals surface area contributed by atoms with Gasteiger partial charge in [0.1, 0.15) is 0 Å². The van der Waals surface area contributed by atoms with Gasteiger partial charge in [-0.15, -0.1) is 0 Å². The van der Waals surface area contributed by atoms with Gasteiger partial charge in [0.05, 0.1) is 0 Å². The number of hydrogen-bond donors (Lipinski definition) is 0. The number of unbranched alkanes of at least 4 members (excludes halogenated alkanes) is 7. The average molecular weight is 438 g/mol. The lowest BCUT2D eigenvalue weighted by Gasteiger charge is -2.18. The lowest BCUT2D eigenvalue weighted by atomic mass is 10.1. The van der Waals surface area contributed by atoms with Crippen LogP contribution >= 0.6 is 22.6 Å². The molecule has 0 heterocycles. The van der Waals surface area contributed by atoms with E-state index >= 15 is 0 Å². The first-order chi connectivity index (χ1) is 11.3. The summed E-state index contributed by atoms with van der Waals surface area (Å²) in [5, 5.41) is 0. The van der Waals surface area contributed by atoms with Gasteiger partial charge in [0.15, 0.2) is 6.29 Å². The maximum atomic E-state index is 5.76. The Morgan fingerprint density at radius 3 is 1.83 bits per heavy atom. The molecular weight excluding hydrogens is 399 g/mol. The summed E-state index contributed by atoms with van der Waals surface area (Å²) in [6.07, 6.45) is 19.8. The summed E-state index contributed by atoms with van der Waals surface area (Å²) >= 11 is 2.43. The van der Waals surface area contributed by atoms with Crippen LogP contribution in [0.4, 0.5) is 0 Å². The van der Waals surface area contributed by atoms with Crippen molar-refractivity contribution < 1.29 is 9.47 Å². The van der Waals surface area contributed by atoms with Crippen molar-refractivity contribution in [3.05, 3.63) is 12.2 Å². The normalized spacial score (nSPS) is 11.8. The second-order valence-corrected chi connectivity index (χ2v) is 7.25. The molecular formula is C20H39IO2. The number of rotatable bonds is 18. The number of ether oxygens (including phenoxy) is 2. The van der Waals surface area contributed by atoms with Gasteiger partial charge in [-0.25, -0.2) is 0 Å². The molecule has 3 heteroatoms. The highest BCUT2D eigenvalue weighted by Gasteiger charge is 2.08. The maximum absolute atomic E-state index is 5.76. The molecule has 0 aromatic rings. The van der Waals surface area contributed by atoms with Crippen LogP contribution in [0, 0.1) is 0 Å². The summed E-state index contributed by atoms with van der Waals surface area (Å²) in [6.45, 7) is 5.94. The minimum Gasteiger partial charge on any atom is -0.353 e. The van der Waals surface area contributed by atoms with Gasteiger partial charge in [-0.1, -0.05) is 80.7 Å². The summed E-state index contributed by atoms with van der Waals surface area (Å²) in [4.78, 5) is 0. The lowest BCUT2D eigenvalue weighted by molar-refractivity contribution is -0.146. The molecule has 23 heavy (non-hydrogen) atoms. The maximum Gasteiger partial charge on any atom is 0.157 e. The Morgan fingerprint density at radius 1 is 0.739 bits per heavy atom. The lowest BCUT2D eigenvalue weighted by Crippen LogP contribution is -2.18. The van der Waals surface area contributed by atoms with Gasteiger partial charge in [0.2, 0.25) is 0 Å². The van der Waals surface area contributed by atoms with E-state index < -0.39 is 0 Å². The highest BCUT2D eigenvalue weighted by atomic mass is 127.